The van der Waals surface area contributed by atoms with Gasteiger partial charge in [0.15, 0.2) is 5.69 Å². The molecule has 0 aliphatic heterocycles. The summed E-state index contributed by atoms with van der Waals surface area (Å²) < 4.78 is 37.8. The van der Waals surface area contributed by atoms with Gasteiger partial charge in [-0.15, -0.1) is 11.8 Å². The Morgan fingerprint density at radius 3 is 2.33 bits per heavy atom. The fourth-order valence-electron chi connectivity index (χ4n) is 1.02. The predicted octanol–water partition coefficient (Wildman–Crippen LogP) is 2.92. The first-order valence-corrected chi connectivity index (χ1v) is 6.21. The third-order valence-electron chi connectivity index (χ3n) is 2.37. The minimum absolute atomic E-state index is 0.145. The summed E-state index contributed by atoms with van der Waals surface area (Å²) in [5, 5.41) is 0.401. The van der Waals surface area contributed by atoms with Crippen molar-refractivity contribution in [3.05, 3.63) is 11.8 Å². The van der Waals surface area contributed by atoms with E-state index >= 15 is 0 Å². The van der Waals surface area contributed by atoms with E-state index < -0.39 is 11.9 Å². The summed E-state index contributed by atoms with van der Waals surface area (Å²) in [6.07, 6.45) is -4.51. The van der Waals surface area contributed by atoms with Gasteiger partial charge in [-0.2, -0.15) is 13.2 Å². The number of hydrogen-bond acceptors (Lipinski definition) is 5. The van der Waals surface area contributed by atoms with Crippen molar-refractivity contribution in [2.45, 2.75) is 37.2 Å². The number of alkyl halides is 3. The lowest BCUT2D eigenvalue weighted by Crippen LogP contribution is -2.16. The molecule has 102 valence electrons. The summed E-state index contributed by atoms with van der Waals surface area (Å²) in [7, 11) is 0. The van der Waals surface area contributed by atoms with Crippen LogP contribution in [-0.2, 0) is 6.18 Å². The lowest BCUT2D eigenvalue weighted by atomic mass is 10.2. The average Bonchev–Trinajstić information content (AvgIpc) is 2.27. The Kier molecular flexibility index (Phi) is 4.80. The normalized spacial score (nSPS) is 13.8. The monoisotopic (exact) mass is 280 g/mol. The molecule has 1 rings (SSSR count). The maximum Gasteiger partial charge on any atom is 0.433 e. The van der Waals surface area contributed by atoms with Crippen LogP contribution in [0.1, 0.15) is 26.5 Å². The SMILES string of the molecule is CC(C)C(C)Sc1cc(C(F)(F)F)nc(NN)n1. The van der Waals surface area contributed by atoms with Crippen molar-refractivity contribution < 1.29 is 13.2 Å². The van der Waals surface area contributed by atoms with E-state index in [0.717, 1.165) is 6.07 Å². The highest BCUT2D eigenvalue weighted by molar-refractivity contribution is 7.99. The molecular formula is C10H15F3N4S. The molecule has 1 aromatic heterocycles. The molecule has 4 nitrogen and oxygen atoms in total. The molecule has 0 radical (unpaired) electrons. The number of hydrazine groups is 1. The van der Waals surface area contributed by atoms with Crippen molar-refractivity contribution in [1.82, 2.24) is 9.97 Å². The number of hydrogen-bond donors (Lipinski definition) is 2. The lowest BCUT2D eigenvalue weighted by Gasteiger charge is -2.15. The van der Waals surface area contributed by atoms with E-state index in [1.807, 2.05) is 26.2 Å². The summed E-state index contributed by atoms with van der Waals surface area (Å²) in [5.74, 6) is 5.16. The van der Waals surface area contributed by atoms with Crippen molar-refractivity contribution >= 4 is 17.7 Å². The highest BCUT2D eigenvalue weighted by Crippen LogP contribution is 2.33. The molecule has 0 saturated carbocycles. The zero-order valence-corrected chi connectivity index (χ0v) is 11.1. The van der Waals surface area contributed by atoms with E-state index in [1.54, 1.807) is 0 Å². The molecule has 0 amide bonds. The van der Waals surface area contributed by atoms with Crippen molar-refractivity contribution in [1.29, 1.82) is 0 Å². The number of nitrogens with one attached hydrogen (secondary N) is 1. The zero-order chi connectivity index (χ0) is 13.9. The Morgan fingerprint density at radius 1 is 1.28 bits per heavy atom. The van der Waals surface area contributed by atoms with Crippen molar-refractivity contribution in [3.63, 3.8) is 0 Å². The Morgan fingerprint density at radius 2 is 1.89 bits per heavy atom. The molecule has 3 N–H and O–H groups in total. The van der Waals surface area contributed by atoms with Gasteiger partial charge in [-0.25, -0.2) is 15.8 Å². The van der Waals surface area contributed by atoms with Gasteiger partial charge < -0.3 is 0 Å². The lowest BCUT2D eigenvalue weighted by molar-refractivity contribution is -0.141. The van der Waals surface area contributed by atoms with Gasteiger partial charge in [0.2, 0.25) is 5.95 Å². The summed E-state index contributed by atoms with van der Waals surface area (Å²) in [4.78, 5) is 7.19. The fourth-order valence-corrected chi connectivity index (χ4v) is 1.99. The van der Waals surface area contributed by atoms with Gasteiger partial charge in [-0.3, -0.25) is 5.43 Å². The zero-order valence-electron chi connectivity index (χ0n) is 10.2. The Balaban J connectivity index is 3.05. The van der Waals surface area contributed by atoms with Gasteiger partial charge in [-0.05, 0) is 5.92 Å². The Labute approximate surface area is 108 Å². The molecule has 0 aliphatic rings. The number of halogens is 3. The molecule has 0 aliphatic carbocycles. The number of nitrogens with two attached hydrogens (primary N) is 1. The van der Waals surface area contributed by atoms with Crippen LogP contribution in [0, 0.1) is 5.92 Å². The summed E-state index contributed by atoms with van der Waals surface area (Å²) >= 11 is 1.26. The molecule has 1 aromatic rings. The van der Waals surface area contributed by atoms with Crippen molar-refractivity contribution in [3.8, 4) is 0 Å². The third-order valence-corrected chi connectivity index (χ3v) is 3.73. The molecule has 1 heterocycles. The maximum atomic E-state index is 12.6. The first kappa shape index (κ1) is 15.0. The van der Waals surface area contributed by atoms with Crippen LogP contribution in [0.2, 0.25) is 0 Å². The number of anilines is 1. The molecule has 0 spiro atoms. The van der Waals surface area contributed by atoms with E-state index in [0.29, 0.717) is 5.92 Å². The standard InChI is InChI=1S/C10H15F3N4S/c1-5(2)6(3)18-8-4-7(10(11,12)13)15-9(16-8)17-14/h4-6H,14H2,1-3H3,(H,15,16,17). The topological polar surface area (TPSA) is 63.8 Å². The van der Waals surface area contributed by atoms with E-state index in [1.165, 1.54) is 11.8 Å². The molecule has 8 heteroatoms. The van der Waals surface area contributed by atoms with Crippen LogP contribution >= 0.6 is 11.8 Å². The molecule has 18 heavy (non-hydrogen) atoms. The predicted molar refractivity (Wildman–Crippen MR) is 65.0 cm³/mol. The smallest absolute Gasteiger partial charge is 0.292 e. The Bertz CT molecular complexity index is 409. The van der Waals surface area contributed by atoms with Crippen LogP contribution in [0.15, 0.2) is 11.1 Å². The van der Waals surface area contributed by atoms with Gasteiger partial charge in [0.25, 0.3) is 0 Å². The van der Waals surface area contributed by atoms with Crippen LogP contribution < -0.4 is 11.3 Å². The second-order valence-corrected chi connectivity index (χ2v) is 5.52. The van der Waals surface area contributed by atoms with E-state index in [2.05, 4.69) is 9.97 Å². The van der Waals surface area contributed by atoms with Crippen LogP contribution in [0.3, 0.4) is 0 Å². The number of nitrogen functional groups attached to an aromatic ring is 1. The highest BCUT2D eigenvalue weighted by Gasteiger charge is 2.33. The number of nitrogens with zero attached hydrogens (tertiary/aromatic N) is 2. The third kappa shape index (κ3) is 4.02. The molecular weight excluding hydrogens is 265 g/mol. The van der Waals surface area contributed by atoms with Crippen LogP contribution in [0.25, 0.3) is 0 Å². The van der Waals surface area contributed by atoms with E-state index in [9.17, 15) is 13.2 Å². The minimum Gasteiger partial charge on any atom is -0.292 e. The summed E-state index contributed by atoms with van der Waals surface area (Å²) in [6, 6.07) is 0.935. The molecule has 0 fully saturated rings. The second kappa shape index (κ2) is 5.75. The quantitative estimate of drug-likeness (QED) is 0.384. The van der Waals surface area contributed by atoms with Crippen LogP contribution in [-0.4, -0.2) is 15.2 Å². The molecule has 0 aromatic carbocycles. The van der Waals surface area contributed by atoms with Gasteiger partial charge in [0.1, 0.15) is 5.03 Å². The van der Waals surface area contributed by atoms with Gasteiger partial charge in [0, 0.05) is 11.3 Å². The first-order chi connectivity index (χ1) is 8.24. The largest absolute Gasteiger partial charge is 0.433 e. The minimum atomic E-state index is -4.51. The maximum absolute atomic E-state index is 12.6. The Hall–Kier alpha value is -1.02. The summed E-state index contributed by atoms with van der Waals surface area (Å²) in [6.45, 7) is 5.91. The molecule has 1 unspecified atom stereocenters. The van der Waals surface area contributed by atoms with E-state index in [4.69, 9.17) is 5.84 Å². The summed E-state index contributed by atoms with van der Waals surface area (Å²) in [5.41, 5.74) is 1.05. The van der Waals surface area contributed by atoms with E-state index in [-0.39, 0.29) is 16.2 Å². The van der Waals surface area contributed by atoms with Crippen LogP contribution in [0.4, 0.5) is 19.1 Å². The van der Waals surface area contributed by atoms with Gasteiger partial charge in [0.05, 0.1) is 0 Å². The molecule has 0 saturated heterocycles. The second-order valence-electron chi connectivity index (χ2n) is 4.12. The fraction of sp³-hybridized carbons (Fsp3) is 0.600. The number of thioether (sulfide) groups is 1. The number of rotatable bonds is 4. The number of aromatic nitrogens is 2. The van der Waals surface area contributed by atoms with Gasteiger partial charge >= 0.3 is 6.18 Å². The highest BCUT2D eigenvalue weighted by atomic mass is 32.2. The van der Waals surface area contributed by atoms with Crippen molar-refractivity contribution in [2.75, 3.05) is 5.43 Å². The van der Waals surface area contributed by atoms with Crippen molar-refractivity contribution in [2.24, 2.45) is 11.8 Å². The average molecular weight is 280 g/mol. The molecule has 0 bridgehead atoms. The van der Waals surface area contributed by atoms with Gasteiger partial charge in [-0.1, -0.05) is 20.8 Å². The molecule has 1 atom stereocenters. The van der Waals surface area contributed by atoms with Crippen LogP contribution in [0.5, 0.6) is 0 Å². The first-order valence-electron chi connectivity index (χ1n) is 5.33.